The van der Waals surface area contributed by atoms with Crippen LogP contribution in [0, 0.1) is 0 Å². The van der Waals surface area contributed by atoms with Crippen molar-refractivity contribution < 1.29 is 23.5 Å². The summed E-state index contributed by atoms with van der Waals surface area (Å²) < 4.78 is 16.0. The number of carbonyl (C=O) groups excluding carboxylic acids is 2. The van der Waals surface area contributed by atoms with Crippen LogP contribution in [0.3, 0.4) is 0 Å². The zero-order chi connectivity index (χ0) is 22.8. The van der Waals surface area contributed by atoms with Crippen LogP contribution >= 0.6 is 11.3 Å². The summed E-state index contributed by atoms with van der Waals surface area (Å²) in [5.41, 5.74) is 0.706. The van der Waals surface area contributed by atoms with Gasteiger partial charge in [0.05, 0.1) is 18.8 Å². The van der Waals surface area contributed by atoms with Gasteiger partial charge in [-0.2, -0.15) is 0 Å². The molecule has 0 spiro atoms. The standard InChI is InChI=1S/C23H24N2O6S/c1-4-29-14-7-6-13-10-16(22(27)31-17(13)11-14)20(26)24-21-19(23(28)30-5-2)15-8-9-25(3)12-18(15)32-21/h6-7,10-11H,4-5,8-9,12H2,1-3H3,(H,24,26). The van der Waals surface area contributed by atoms with Crippen molar-refractivity contribution >= 4 is 39.2 Å². The lowest BCUT2D eigenvalue weighted by Gasteiger charge is -2.22. The summed E-state index contributed by atoms with van der Waals surface area (Å²) in [4.78, 5) is 41.3. The molecule has 168 valence electrons. The van der Waals surface area contributed by atoms with Gasteiger partial charge >= 0.3 is 11.6 Å². The van der Waals surface area contributed by atoms with E-state index in [4.69, 9.17) is 13.9 Å². The first kappa shape index (κ1) is 22.0. The lowest BCUT2D eigenvalue weighted by atomic mass is 10.0. The summed E-state index contributed by atoms with van der Waals surface area (Å²) in [5, 5.41) is 3.73. The predicted molar refractivity (Wildman–Crippen MR) is 122 cm³/mol. The summed E-state index contributed by atoms with van der Waals surface area (Å²) in [6.45, 7) is 5.80. The Hall–Kier alpha value is -3.17. The van der Waals surface area contributed by atoms with Crippen LogP contribution in [0.1, 0.15) is 45.0 Å². The number of thiophene rings is 1. The molecule has 3 heterocycles. The fourth-order valence-electron chi connectivity index (χ4n) is 3.72. The Morgan fingerprint density at radius 1 is 1.22 bits per heavy atom. The topological polar surface area (TPSA) is 98.1 Å². The van der Waals surface area contributed by atoms with Crippen LogP contribution in [0.15, 0.2) is 33.5 Å². The number of nitrogens with zero attached hydrogens (tertiary/aromatic N) is 1. The van der Waals surface area contributed by atoms with Crippen LogP contribution in [-0.2, 0) is 17.7 Å². The molecule has 0 aliphatic carbocycles. The number of benzene rings is 1. The van der Waals surface area contributed by atoms with Crippen LogP contribution in [0.4, 0.5) is 5.00 Å². The first-order valence-electron chi connectivity index (χ1n) is 10.4. The van der Waals surface area contributed by atoms with Crippen LogP contribution in [0.2, 0.25) is 0 Å². The third-order valence-corrected chi connectivity index (χ3v) is 6.35. The van der Waals surface area contributed by atoms with E-state index < -0.39 is 17.5 Å². The van der Waals surface area contributed by atoms with Gasteiger partial charge in [0, 0.05) is 29.4 Å². The minimum absolute atomic E-state index is 0.139. The van der Waals surface area contributed by atoms with Gasteiger partial charge in [-0.05, 0) is 51.1 Å². The molecule has 0 unspecified atom stereocenters. The van der Waals surface area contributed by atoms with Crippen molar-refractivity contribution in [3.63, 3.8) is 0 Å². The zero-order valence-corrected chi connectivity index (χ0v) is 19.0. The maximum atomic E-state index is 13.0. The smallest absolute Gasteiger partial charge is 0.349 e. The molecule has 0 fully saturated rings. The number of esters is 1. The first-order valence-corrected chi connectivity index (χ1v) is 11.2. The van der Waals surface area contributed by atoms with Gasteiger partial charge in [0.15, 0.2) is 0 Å². The van der Waals surface area contributed by atoms with Gasteiger partial charge in [-0.1, -0.05) is 0 Å². The van der Waals surface area contributed by atoms with Gasteiger partial charge in [-0.3, -0.25) is 4.79 Å². The molecule has 32 heavy (non-hydrogen) atoms. The average Bonchev–Trinajstić information content (AvgIpc) is 3.10. The van der Waals surface area contributed by atoms with Gasteiger partial charge in [-0.25, -0.2) is 9.59 Å². The third-order valence-electron chi connectivity index (χ3n) is 5.22. The number of ether oxygens (including phenoxy) is 2. The lowest BCUT2D eigenvalue weighted by Crippen LogP contribution is -2.26. The van der Waals surface area contributed by atoms with Crippen molar-refractivity contribution in [3.8, 4) is 5.75 Å². The van der Waals surface area contributed by atoms with Crippen LogP contribution in [-0.4, -0.2) is 43.6 Å². The molecule has 0 bridgehead atoms. The Bertz CT molecular complexity index is 1250. The molecule has 9 heteroatoms. The summed E-state index contributed by atoms with van der Waals surface area (Å²) >= 11 is 1.34. The van der Waals surface area contributed by atoms with Gasteiger partial charge in [0.2, 0.25) is 0 Å². The van der Waals surface area contributed by atoms with E-state index in [9.17, 15) is 14.4 Å². The second-order valence-electron chi connectivity index (χ2n) is 7.45. The number of nitrogens with one attached hydrogen (secondary N) is 1. The molecule has 0 radical (unpaired) electrons. The van der Waals surface area contributed by atoms with Crippen molar-refractivity contribution in [3.05, 3.63) is 56.3 Å². The molecule has 3 aromatic rings. The largest absolute Gasteiger partial charge is 0.494 e. The molecule has 1 aliphatic rings. The second kappa shape index (κ2) is 9.13. The quantitative estimate of drug-likeness (QED) is 0.446. The number of hydrogen-bond acceptors (Lipinski definition) is 8. The fraction of sp³-hybridized carbons (Fsp3) is 0.348. The van der Waals surface area contributed by atoms with E-state index in [0.29, 0.717) is 46.9 Å². The molecule has 0 saturated heterocycles. The number of amides is 1. The van der Waals surface area contributed by atoms with Crippen LogP contribution in [0.25, 0.3) is 11.0 Å². The Balaban J connectivity index is 1.68. The highest BCUT2D eigenvalue weighted by Gasteiger charge is 2.29. The van der Waals surface area contributed by atoms with E-state index in [1.54, 1.807) is 25.1 Å². The highest BCUT2D eigenvalue weighted by atomic mass is 32.1. The molecule has 2 aromatic heterocycles. The number of likely N-dealkylation sites (N-methyl/N-ethyl adjacent to an activating group) is 1. The summed E-state index contributed by atoms with van der Waals surface area (Å²) in [6.07, 6.45) is 0.687. The molecular weight excluding hydrogens is 432 g/mol. The summed E-state index contributed by atoms with van der Waals surface area (Å²) in [7, 11) is 2.00. The van der Waals surface area contributed by atoms with Gasteiger partial charge in [0.25, 0.3) is 5.91 Å². The minimum Gasteiger partial charge on any atom is -0.494 e. The molecule has 1 N–H and O–H groups in total. The van der Waals surface area contributed by atoms with E-state index in [2.05, 4.69) is 10.2 Å². The predicted octanol–water partition coefficient (Wildman–Crippen LogP) is 3.67. The van der Waals surface area contributed by atoms with Crippen molar-refractivity contribution in [2.24, 2.45) is 0 Å². The number of rotatable bonds is 6. The van der Waals surface area contributed by atoms with E-state index in [1.807, 2.05) is 14.0 Å². The maximum absolute atomic E-state index is 13.0. The molecule has 0 atom stereocenters. The normalized spacial score (nSPS) is 13.6. The highest BCUT2D eigenvalue weighted by molar-refractivity contribution is 7.17. The molecule has 1 aromatic carbocycles. The van der Waals surface area contributed by atoms with Crippen molar-refractivity contribution in [2.45, 2.75) is 26.8 Å². The number of hydrogen-bond donors (Lipinski definition) is 1. The molecule has 0 saturated carbocycles. The Morgan fingerprint density at radius 3 is 2.78 bits per heavy atom. The van der Waals surface area contributed by atoms with E-state index in [0.717, 1.165) is 17.0 Å². The second-order valence-corrected chi connectivity index (χ2v) is 8.56. The molecule has 1 amide bonds. The first-order chi connectivity index (χ1) is 15.4. The molecular formula is C23H24N2O6S. The van der Waals surface area contributed by atoms with E-state index in [1.165, 1.54) is 17.4 Å². The van der Waals surface area contributed by atoms with Gasteiger partial charge in [-0.15, -0.1) is 11.3 Å². The number of anilines is 1. The lowest BCUT2D eigenvalue weighted by molar-refractivity contribution is 0.0526. The van der Waals surface area contributed by atoms with Crippen LogP contribution < -0.4 is 15.7 Å². The Morgan fingerprint density at radius 2 is 2.03 bits per heavy atom. The van der Waals surface area contributed by atoms with Crippen LogP contribution in [0.5, 0.6) is 5.75 Å². The monoisotopic (exact) mass is 456 g/mol. The average molecular weight is 457 g/mol. The summed E-state index contributed by atoms with van der Waals surface area (Å²) in [6, 6.07) is 6.57. The van der Waals surface area contributed by atoms with Gasteiger partial charge < -0.3 is 24.1 Å². The molecule has 8 nitrogen and oxygen atoms in total. The van der Waals surface area contributed by atoms with E-state index >= 15 is 0 Å². The number of fused-ring (bicyclic) bond motifs is 2. The summed E-state index contributed by atoms with van der Waals surface area (Å²) in [5.74, 6) is -0.528. The molecule has 4 rings (SSSR count). The number of carbonyl (C=O) groups is 2. The highest BCUT2D eigenvalue weighted by Crippen LogP contribution is 2.37. The fourth-order valence-corrected chi connectivity index (χ4v) is 5.03. The van der Waals surface area contributed by atoms with Crippen molar-refractivity contribution in [1.29, 1.82) is 0 Å². The zero-order valence-electron chi connectivity index (χ0n) is 18.1. The maximum Gasteiger partial charge on any atom is 0.349 e. The molecule has 1 aliphatic heterocycles. The Labute approximate surface area is 188 Å². The van der Waals surface area contributed by atoms with Gasteiger partial charge in [0.1, 0.15) is 21.9 Å². The van der Waals surface area contributed by atoms with Crippen molar-refractivity contribution in [1.82, 2.24) is 4.90 Å². The SMILES string of the molecule is CCOC(=O)c1c(NC(=O)c2cc3ccc(OCC)cc3oc2=O)sc2c1CCN(C)C2. The minimum atomic E-state index is -0.762. The van der Waals surface area contributed by atoms with E-state index in [-0.39, 0.29) is 12.2 Å². The Kier molecular flexibility index (Phi) is 6.29. The third kappa shape index (κ3) is 4.26. The van der Waals surface area contributed by atoms with Crippen molar-refractivity contribution in [2.75, 3.05) is 32.1 Å².